The minimum atomic E-state index is -0.435. The highest BCUT2D eigenvalue weighted by Gasteiger charge is 2.26. The molecule has 122 valence electrons. The van der Waals surface area contributed by atoms with E-state index in [0.717, 1.165) is 27.7 Å². The maximum atomic E-state index is 9.50. The number of dihydropyridines is 1. The number of allylic oxidation sites excluding steroid dienone is 5. The van der Waals surface area contributed by atoms with Gasteiger partial charge in [-0.05, 0) is 36.2 Å². The van der Waals surface area contributed by atoms with Crippen LogP contribution in [0, 0.1) is 28.6 Å². The van der Waals surface area contributed by atoms with E-state index in [0.29, 0.717) is 16.2 Å². The second-order valence-electron chi connectivity index (χ2n) is 5.98. The molecule has 0 bridgehead atoms. The standard InChI is InChI=1S/C21H16ClN3/c1-13-19(11-23)18(20(12-24)14(2)25-13)10-21(22)17-8-7-15-5-3-4-6-16(15)9-17/h3-10,18,25H,1-2H3. The zero-order valence-corrected chi connectivity index (χ0v) is 14.7. The van der Waals surface area contributed by atoms with Crippen molar-refractivity contribution in [2.75, 3.05) is 0 Å². The molecule has 3 rings (SSSR count). The van der Waals surface area contributed by atoms with E-state index in [1.165, 1.54) is 0 Å². The Morgan fingerprint density at radius 2 is 1.60 bits per heavy atom. The summed E-state index contributed by atoms with van der Waals surface area (Å²) in [5, 5.41) is 24.9. The number of nitrogens with one attached hydrogen (secondary N) is 1. The molecule has 1 aliphatic heterocycles. The second-order valence-corrected chi connectivity index (χ2v) is 6.39. The first kappa shape index (κ1) is 16.8. The fourth-order valence-electron chi connectivity index (χ4n) is 3.08. The molecule has 3 nitrogen and oxygen atoms in total. The van der Waals surface area contributed by atoms with Gasteiger partial charge in [0.15, 0.2) is 0 Å². The third kappa shape index (κ3) is 3.15. The molecule has 25 heavy (non-hydrogen) atoms. The number of rotatable bonds is 2. The van der Waals surface area contributed by atoms with Crippen LogP contribution < -0.4 is 5.32 Å². The summed E-state index contributed by atoms with van der Waals surface area (Å²) < 4.78 is 0. The van der Waals surface area contributed by atoms with Crippen LogP contribution in [-0.2, 0) is 0 Å². The molecule has 1 N–H and O–H groups in total. The van der Waals surface area contributed by atoms with Gasteiger partial charge < -0.3 is 5.32 Å². The number of benzene rings is 2. The lowest BCUT2D eigenvalue weighted by Crippen LogP contribution is -2.23. The third-order valence-electron chi connectivity index (χ3n) is 4.38. The molecule has 1 aliphatic rings. The van der Waals surface area contributed by atoms with Gasteiger partial charge in [0.25, 0.3) is 0 Å². The normalized spacial score (nSPS) is 15.8. The fourth-order valence-corrected chi connectivity index (χ4v) is 3.32. The summed E-state index contributed by atoms with van der Waals surface area (Å²) in [5.41, 5.74) is 3.40. The van der Waals surface area contributed by atoms with Crippen molar-refractivity contribution in [1.29, 1.82) is 10.5 Å². The Morgan fingerprint density at radius 3 is 2.20 bits per heavy atom. The summed E-state index contributed by atoms with van der Waals surface area (Å²) in [6.45, 7) is 3.67. The second kappa shape index (κ2) is 6.85. The number of halogens is 1. The smallest absolute Gasteiger partial charge is 0.0975 e. The molecule has 2 aromatic carbocycles. The van der Waals surface area contributed by atoms with Crippen molar-refractivity contribution < 1.29 is 0 Å². The van der Waals surface area contributed by atoms with E-state index in [9.17, 15) is 10.5 Å². The Kier molecular flexibility index (Phi) is 4.61. The zero-order chi connectivity index (χ0) is 18.0. The molecule has 0 spiro atoms. The summed E-state index contributed by atoms with van der Waals surface area (Å²) in [4.78, 5) is 0. The molecule has 0 aliphatic carbocycles. The summed E-state index contributed by atoms with van der Waals surface area (Å²) in [6.07, 6.45) is 1.79. The molecule has 4 heteroatoms. The molecule has 1 heterocycles. The largest absolute Gasteiger partial charge is 0.361 e. The van der Waals surface area contributed by atoms with E-state index < -0.39 is 5.92 Å². The van der Waals surface area contributed by atoms with Crippen molar-refractivity contribution in [1.82, 2.24) is 5.32 Å². The minimum absolute atomic E-state index is 0.435. The van der Waals surface area contributed by atoms with Gasteiger partial charge in [-0.1, -0.05) is 54.1 Å². The molecular weight excluding hydrogens is 330 g/mol. The lowest BCUT2D eigenvalue weighted by molar-refractivity contribution is 0.799. The van der Waals surface area contributed by atoms with E-state index in [4.69, 9.17) is 11.6 Å². The van der Waals surface area contributed by atoms with Gasteiger partial charge in [-0.15, -0.1) is 0 Å². The molecule has 0 aromatic heterocycles. The van der Waals surface area contributed by atoms with Gasteiger partial charge >= 0.3 is 0 Å². The van der Waals surface area contributed by atoms with Gasteiger partial charge in [-0.2, -0.15) is 10.5 Å². The average molecular weight is 346 g/mol. The van der Waals surface area contributed by atoms with Gasteiger partial charge in [0.05, 0.1) is 29.2 Å². The van der Waals surface area contributed by atoms with Gasteiger partial charge in [0.2, 0.25) is 0 Å². The molecular formula is C21H16ClN3. The number of hydrogen-bond acceptors (Lipinski definition) is 3. The molecule has 0 amide bonds. The average Bonchev–Trinajstić information content (AvgIpc) is 2.61. The Balaban J connectivity index is 2.08. The number of fused-ring (bicyclic) bond motifs is 1. The quantitative estimate of drug-likeness (QED) is 0.810. The van der Waals surface area contributed by atoms with E-state index >= 15 is 0 Å². The summed E-state index contributed by atoms with van der Waals surface area (Å²) in [5.74, 6) is -0.435. The first-order chi connectivity index (χ1) is 12.0. The van der Waals surface area contributed by atoms with Crippen LogP contribution in [0.3, 0.4) is 0 Å². The fraction of sp³-hybridized carbons (Fsp3) is 0.143. The lowest BCUT2D eigenvalue weighted by atomic mass is 9.86. The van der Waals surface area contributed by atoms with Crippen molar-refractivity contribution in [3.05, 3.63) is 76.6 Å². The summed E-state index contributed by atoms with van der Waals surface area (Å²) in [6, 6.07) is 18.4. The molecule has 0 saturated carbocycles. The van der Waals surface area contributed by atoms with Crippen LogP contribution in [0.4, 0.5) is 0 Å². The monoisotopic (exact) mass is 345 g/mol. The van der Waals surface area contributed by atoms with Crippen molar-refractivity contribution >= 4 is 27.4 Å². The highest BCUT2D eigenvalue weighted by Crippen LogP contribution is 2.34. The third-order valence-corrected chi connectivity index (χ3v) is 4.73. The Labute approximate surface area is 152 Å². The Bertz CT molecular complexity index is 993. The molecule has 2 aromatic rings. The Morgan fingerprint density at radius 1 is 1.00 bits per heavy atom. The van der Waals surface area contributed by atoms with Crippen LogP contribution in [0.5, 0.6) is 0 Å². The van der Waals surface area contributed by atoms with E-state index in [2.05, 4.69) is 17.5 Å². The highest BCUT2D eigenvalue weighted by molar-refractivity contribution is 6.48. The minimum Gasteiger partial charge on any atom is -0.361 e. The molecule has 0 saturated heterocycles. The van der Waals surface area contributed by atoms with E-state index in [1.807, 2.05) is 56.3 Å². The number of nitriles is 2. The Hall–Kier alpha value is -3.01. The van der Waals surface area contributed by atoms with E-state index in [1.54, 1.807) is 6.08 Å². The van der Waals surface area contributed by atoms with Crippen LogP contribution in [0.1, 0.15) is 19.4 Å². The summed E-state index contributed by atoms with van der Waals surface area (Å²) >= 11 is 6.56. The van der Waals surface area contributed by atoms with Crippen LogP contribution in [-0.4, -0.2) is 0 Å². The number of nitrogens with zero attached hydrogens (tertiary/aromatic N) is 2. The van der Waals surface area contributed by atoms with Crippen LogP contribution in [0.15, 0.2) is 71.1 Å². The van der Waals surface area contributed by atoms with Crippen LogP contribution in [0.2, 0.25) is 0 Å². The lowest BCUT2D eigenvalue weighted by Gasteiger charge is -2.24. The van der Waals surface area contributed by atoms with Crippen molar-refractivity contribution in [3.63, 3.8) is 0 Å². The molecule has 0 fully saturated rings. The SMILES string of the molecule is CC1=C(C#N)C(C=C(Cl)c2ccc3ccccc3c2)C(C#N)=C(C)N1. The maximum absolute atomic E-state index is 9.50. The van der Waals surface area contributed by atoms with Gasteiger partial charge in [0, 0.05) is 16.4 Å². The maximum Gasteiger partial charge on any atom is 0.0975 e. The number of hydrogen-bond donors (Lipinski definition) is 1. The molecule has 0 unspecified atom stereocenters. The molecule has 0 atom stereocenters. The first-order valence-electron chi connectivity index (χ1n) is 7.90. The topological polar surface area (TPSA) is 59.6 Å². The molecule has 0 radical (unpaired) electrons. The van der Waals surface area contributed by atoms with Gasteiger partial charge in [0.1, 0.15) is 0 Å². The van der Waals surface area contributed by atoms with Crippen molar-refractivity contribution in [3.8, 4) is 12.1 Å². The highest BCUT2D eigenvalue weighted by atomic mass is 35.5. The zero-order valence-electron chi connectivity index (χ0n) is 14.0. The van der Waals surface area contributed by atoms with Gasteiger partial charge in [-0.25, -0.2) is 0 Å². The van der Waals surface area contributed by atoms with Crippen molar-refractivity contribution in [2.45, 2.75) is 13.8 Å². The first-order valence-corrected chi connectivity index (χ1v) is 8.28. The predicted molar refractivity (Wildman–Crippen MR) is 101 cm³/mol. The van der Waals surface area contributed by atoms with Crippen molar-refractivity contribution in [2.24, 2.45) is 5.92 Å². The van der Waals surface area contributed by atoms with Crippen LogP contribution >= 0.6 is 11.6 Å². The van der Waals surface area contributed by atoms with Gasteiger partial charge in [-0.3, -0.25) is 0 Å². The van der Waals surface area contributed by atoms with Crippen LogP contribution in [0.25, 0.3) is 15.8 Å². The van der Waals surface area contributed by atoms with E-state index in [-0.39, 0.29) is 0 Å². The summed E-state index contributed by atoms with van der Waals surface area (Å²) in [7, 11) is 0. The predicted octanol–water partition coefficient (Wildman–Crippen LogP) is 5.23.